The molecule has 12 heavy (non-hydrogen) atoms. The molecule has 3 nitrogen and oxygen atoms in total. The van der Waals surface area contributed by atoms with E-state index in [0.717, 1.165) is 5.56 Å². The van der Waals surface area contributed by atoms with Gasteiger partial charge in [0.15, 0.2) is 0 Å². The van der Waals surface area contributed by atoms with Crippen LogP contribution in [-0.2, 0) is 4.84 Å². The highest BCUT2D eigenvalue weighted by Crippen LogP contribution is 2.19. The summed E-state index contributed by atoms with van der Waals surface area (Å²) < 4.78 is 0. The van der Waals surface area contributed by atoms with Crippen molar-refractivity contribution in [2.24, 2.45) is 5.90 Å². The fourth-order valence-electron chi connectivity index (χ4n) is 1.07. The van der Waals surface area contributed by atoms with Crippen molar-refractivity contribution in [2.45, 2.75) is 12.8 Å². The molecule has 0 aliphatic heterocycles. The third kappa shape index (κ3) is 2.22. The maximum Gasteiger partial charge on any atom is 0.115 e. The molecule has 1 aromatic rings. The fraction of sp³-hybridized carbons (Fsp3) is 0.333. The predicted molar refractivity (Wildman–Crippen MR) is 46.7 cm³/mol. The molecule has 66 valence electrons. The predicted octanol–water partition coefficient (Wildman–Crippen LogP) is 1.39. The quantitative estimate of drug-likeness (QED) is 0.669. The van der Waals surface area contributed by atoms with Gasteiger partial charge in [0.25, 0.3) is 0 Å². The van der Waals surface area contributed by atoms with Crippen LogP contribution in [0.3, 0.4) is 0 Å². The van der Waals surface area contributed by atoms with Gasteiger partial charge >= 0.3 is 0 Å². The molecule has 0 radical (unpaired) electrons. The number of hydrogen-bond acceptors (Lipinski definition) is 3. The van der Waals surface area contributed by atoms with Gasteiger partial charge in [0.2, 0.25) is 0 Å². The number of hydrogen-bond donors (Lipinski definition) is 2. The Morgan fingerprint density at radius 3 is 2.92 bits per heavy atom. The van der Waals surface area contributed by atoms with Crippen LogP contribution in [0.4, 0.5) is 0 Å². The third-order valence-corrected chi connectivity index (χ3v) is 1.79. The van der Waals surface area contributed by atoms with Crippen molar-refractivity contribution in [3.8, 4) is 5.75 Å². The third-order valence-electron chi connectivity index (χ3n) is 1.79. The van der Waals surface area contributed by atoms with Crippen molar-refractivity contribution in [1.29, 1.82) is 0 Å². The summed E-state index contributed by atoms with van der Waals surface area (Å²) in [6.07, 6.45) is 0. The zero-order chi connectivity index (χ0) is 8.97. The first-order valence-corrected chi connectivity index (χ1v) is 3.84. The van der Waals surface area contributed by atoms with Gasteiger partial charge in [0.1, 0.15) is 5.75 Å². The summed E-state index contributed by atoms with van der Waals surface area (Å²) in [4.78, 5) is 4.52. The molecule has 0 aromatic heterocycles. The Morgan fingerprint density at radius 2 is 2.33 bits per heavy atom. The Labute approximate surface area is 71.7 Å². The number of nitrogens with two attached hydrogens (primary N) is 1. The van der Waals surface area contributed by atoms with E-state index in [1.54, 1.807) is 18.2 Å². The van der Waals surface area contributed by atoms with Crippen LogP contribution < -0.4 is 5.90 Å². The Balaban J connectivity index is 2.73. The van der Waals surface area contributed by atoms with Gasteiger partial charge < -0.3 is 9.94 Å². The topological polar surface area (TPSA) is 55.5 Å². The first-order valence-electron chi connectivity index (χ1n) is 3.84. The van der Waals surface area contributed by atoms with Crippen molar-refractivity contribution in [2.75, 3.05) is 6.61 Å². The first-order chi connectivity index (χ1) is 5.74. The van der Waals surface area contributed by atoms with E-state index < -0.39 is 0 Å². The summed E-state index contributed by atoms with van der Waals surface area (Å²) in [6.45, 7) is 2.45. The average molecular weight is 167 g/mol. The molecule has 0 amide bonds. The molecule has 0 spiro atoms. The molecule has 3 N–H and O–H groups in total. The molecule has 0 fully saturated rings. The van der Waals surface area contributed by atoms with E-state index in [1.165, 1.54) is 0 Å². The van der Waals surface area contributed by atoms with Crippen molar-refractivity contribution in [3.05, 3.63) is 29.8 Å². The normalized spacial score (nSPS) is 12.8. The Morgan fingerprint density at radius 1 is 1.58 bits per heavy atom. The van der Waals surface area contributed by atoms with E-state index in [-0.39, 0.29) is 11.7 Å². The molecule has 3 heteroatoms. The Hall–Kier alpha value is -1.06. The van der Waals surface area contributed by atoms with Gasteiger partial charge in [-0.1, -0.05) is 19.1 Å². The van der Waals surface area contributed by atoms with Crippen LogP contribution in [-0.4, -0.2) is 11.7 Å². The van der Waals surface area contributed by atoms with E-state index in [9.17, 15) is 0 Å². The number of aromatic hydroxyl groups is 1. The molecule has 1 unspecified atom stereocenters. The van der Waals surface area contributed by atoms with Gasteiger partial charge in [-0.3, -0.25) is 0 Å². The van der Waals surface area contributed by atoms with Gasteiger partial charge in [-0.15, -0.1) is 0 Å². The van der Waals surface area contributed by atoms with Crippen LogP contribution in [0.2, 0.25) is 0 Å². The first kappa shape index (κ1) is 9.03. The molecule has 0 saturated heterocycles. The highest BCUT2D eigenvalue weighted by molar-refractivity contribution is 5.29. The lowest BCUT2D eigenvalue weighted by atomic mass is 10.0. The van der Waals surface area contributed by atoms with E-state index in [2.05, 4.69) is 4.84 Å². The lowest BCUT2D eigenvalue weighted by Gasteiger charge is -2.09. The molecule has 0 aliphatic carbocycles. The monoisotopic (exact) mass is 167 g/mol. The molecular formula is C9H13NO2. The SMILES string of the molecule is CC(CON)c1cccc(O)c1. The highest BCUT2D eigenvalue weighted by Gasteiger charge is 2.04. The molecule has 0 aliphatic rings. The van der Waals surface area contributed by atoms with Gasteiger partial charge in [0, 0.05) is 5.92 Å². The highest BCUT2D eigenvalue weighted by atomic mass is 16.6. The average Bonchev–Trinajstić information content (AvgIpc) is 2.05. The minimum atomic E-state index is 0.210. The maximum absolute atomic E-state index is 9.16. The van der Waals surface area contributed by atoms with Crippen LogP contribution >= 0.6 is 0 Å². The van der Waals surface area contributed by atoms with Crippen LogP contribution in [0, 0.1) is 0 Å². The summed E-state index contributed by atoms with van der Waals surface area (Å²) in [5.74, 6) is 5.43. The molecular weight excluding hydrogens is 154 g/mol. The lowest BCUT2D eigenvalue weighted by Crippen LogP contribution is -2.08. The second-order valence-corrected chi connectivity index (χ2v) is 2.83. The molecule has 0 bridgehead atoms. The summed E-state index contributed by atoms with van der Waals surface area (Å²) in [5.41, 5.74) is 1.03. The van der Waals surface area contributed by atoms with Gasteiger partial charge in [-0.05, 0) is 17.7 Å². The number of phenols is 1. The van der Waals surface area contributed by atoms with Crippen LogP contribution in [0.25, 0.3) is 0 Å². The maximum atomic E-state index is 9.16. The Kier molecular flexibility index (Phi) is 3.08. The molecule has 1 atom stereocenters. The second-order valence-electron chi connectivity index (χ2n) is 2.83. The van der Waals surface area contributed by atoms with E-state index in [4.69, 9.17) is 11.0 Å². The minimum absolute atomic E-state index is 0.210. The number of benzene rings is 1. The van der Waals surface area contributed by atoms with E-state index in [1.807, 2.05) is 13.0 Å². The second kappa shape index (κ2) is 4.09. The minimum Gasteiger partial charge on any atom is -0.508 e. The van der Waals surface area contributed by atoms with Crippen molar-refractivity contribution in [3.63, 3.8) is 0 Å². The van der Waals surface area contributed by atoms with Gasteiger partial charge in [0.05, 0.1) is 6.61 Å². The van der Waals surface area contributed by atoms with Crippen LogP contribution in [0.1, 0.15) is 18.4 Å². The molecule has 1 aromatic carbocycles. The molecule has 0 saturated carbocycles. The number of phenolic OH excluding ortho intramolecular Hbond substituents is 1. The lowest BCUT2D eigenvalue weighted by molar-refractivity contribution is 0.126. The van der Waals surface area contributed by atoms with Gasteiger partial charge in [-0.2, -0.15) is 0 Å². The summed E-state index contributed by atoms with van der Waals surface area (Å²) in [5, 5.41) is 9.16. The zero-order valence-corrected chi connectivity index (χ0v) is 7.03. The van der Waals surface area contributed by atoms with Crippen molar-refractivity contribution in [1.82, 2.24) is 0 Å². The van der Waals surface area contributed by atoms with Crippen LogP contribution in [0.15, 0.2) is 24.3 Å². The fourth-order valence-corrected chi connectivity index (χ4v) is 1.07. The van der Waals surface area contributed by atoms with Crippen LogP contribution in [0.5, 0.6) is 5.75 Å². The smallest absolute Gasteiger partial charge is 0.115 e. The van der Waals surface area contributed by atoms with E-state index >= 15 is 0 Å². The summed E-state index contributed by atoms with van der Waals surface area (Å²) >= 11 is 0. The van der Waals surface area contributed by atoms with Gasteiger partial charge in [-0.25, -0.2) is 5.90 Å². The largest absolute Gasteiger partial charge is 0.508 e. The summed E-state index contributed by atoms with van der Waals surface area (Å²) in [6, 6.07) is 7.09. The van der Waals surface area contributed by atoms with E-state index in [0.29, 0.717) is 6.61 Å². The summed E-state index contributed by atoms with van der Waals surface area (Å²) in [7, 11) is 0. The molecule has 0 heterocycles. The molecule has 1 rings (SSSR count). The number of rotatable bonds is 3. The zero-order valence-electron chi connectivity index (χ0n) is 7.03. The Bertz CT molecular complexity index is 250. The van der Waals surface area contributed by atoms with Crippen molar-refractivity contribution >= 4 is 0 Å². The standard InChI is InChI=1S/C9H13NO2/c1-7(6-12-10)8-3-2-4-9(11)5-8/h2-5,7,11H,6,10H2,1H3. The van der Waals surface area contributed by atoms with Crippen molar-refractivity contribution < 1.29 is 9.94 Å².